The van der Waals surface area contributed by atoms with Crippen molar-refractivity contribution in [2.75, 3.05) is 26.7 Å². The molecule has 98 valence electrons. The second kappa shape index (κ2) is 6.56. The Morgan fingerprint density at radius 3 is 2.71 bits per heavy atom. The summed E-state index contributed by atoms with van der Waals surface area (Å²) in [7, 11) is 2.03. The highest BCUT2D eigenvalue weighted by molar-refractivity contribution is 5.77. The molecule has 17 heavy (non-hydrogen) atoms. The Labute approximate surface area is 101 Å². The summed E-state index contributed by atoms with van der Waals surface area (Å²) in [5.74, 6) is -2.97. The Hall–Kier alpha value is -1.14. The van der Waals surface area contributed by atoms with Crippen LogP contribution >= 0.6 is 0 Å². The molecule has 0 aromatic heterocycles. The van der Waals surface area contributed by atoms with Gasteiger partial charge in [0.25, 0.3) is 0 Å². The minimum Gasteiger partial charge on any atom is -0.481 e. The van der Waals surface area contributed by atoms with E-state index < -0.39 is 17.9 Å². The van der Waals surface area contributed by atoms with Crippen molar-refractivity contribution in [2.45, 2.75) is 25.3 Å². The molecule has 2 unspecified atom stereocenters. The SMILES string of the molecule is CN1CCCC(NCC(CC(=O)O)C(=O)O)C1. The molecule has 1 rings (SSSR count). The molecule has 1 heterocycles. The molecule has 0 aromatic rings. The van der Waals surface area contributed by atoms with Crippen LogP contribution in [0.25, 0.3) is 0 Å². The normalized spacial score (nSPS) is 23.2. The summed E-state index contributed by atoms with van der Waals surface area (Å²) in [6.07, 6.45) is 1.78. The molecule has 1 aliphatic heterocycles. The summed E-state index contributed by atoms with van der Waals surface area (Å²) in [5.41, 5.74) is 0. The maximum absolute atomic E-state index is 10.9. The molecule has 0 radical (unpaired) electrons. The number of carboxylic acids is 2. The van der Waals surface area contributed by atoms with Gasteiger partial charge in [0.05, 0.1) is 12.3 Å². The van der Waals surface area contributed by atoms with Gasteiger partial charge in [0.15, 0.2) is 0 Å². The topological polar surface area (TPSA) is 89.9 Å². The molecule has 1 fully saturated rings. The van der Waals surface area contributed by atoms with Gasteiger partial charge in [-0.25, -0.2) is 0 Å². The van der Waals surface area contributed by atoms with Gasteiger partial charge in [-0.15, -0.1) is 0 Å². The van der Waals surface area contributed by atoms with E-state index in [2.05, 4.69) is 10.2 Å². The largest absolute Gasteiger partial charge is 0.481 e. The number of piperidine rings is 1. The van der Waals surface area contributed by atoms with Crippen LogP contribution in [0.15, 0.2) is 0 Å². The van der Waals surface area contributed by atoms with Crippen LogP contribution in [-0.2, 0) is 9.59 Å². The number of likely N-dealkylation sites (N-methyl/N-ethyl adjacent to an activating group) is 1. The number of carbonyl (C=O) groups is 2. The summed E-state index contributed by atoms with van der Waals surface area (Å²) >= 11 is 0. The van der Waals surface area contributed by atoms with E-state index in [4.69, 9.17) is 10.2 Å². The zero-order valence-corrected chi connectivity index (χ0v) is 10.1. The third-order valence-electron chi connectivity index (χ3n) is 3.05. The van der Waals surface area contributed by atoms with E-state index in [9.17, 15) is 9.59 Å². The number of rotatable bonds is 6. The van der Waals surface area contributed by atoms with E-state index in [0.717, 1.165) is 25.9 Å². The molecular weight excluding hydrogens is 224 g/mol. The fourth-order valence-corrected chi connectivity index (χ4v) is 2.10. The molecule has 0 spiro atoms. The van der Waals surface area contributed by atoms with Crippen LogP contribution in [0.5, 0.6) is 0 Å². The van der Waals surface area contributed by atoms with E-state index in [1.807, 2.05) is 7.05 Å². The monoisotopic (exact) mass is 244 g/mol. The standard InChI is InChI=1S/C11H20N2O4/c1-13-4-2-3-9(7-13)12-6-8(11(16)17)5-10(14)15/h8-9,12H,2-7H2,1H3,(H,14,15)(H,16,17). The molecule has 2 atom stereocenters. The van der Waals surface area contributed by atoms with Gasteiger partial charge in [0, 0.05) is 19.1 Å². The van der Waals surface area contributed by atoms with Crippen molar-refractivity contribution in [3.8, 4) is 0 Å². The van der Waals surface area contributed by atoms with Crippen molar-refractivity contribution in [1.29, 1.82) is 0 Å². The van der Waals surface area contributed by atoms with Gasteiger partial charge in [0.1, 0.15) is 0 Å². The molecular formula is C11H20N2O4. The number of hydrogen-bond acceptors (Lipinski definition) is 4. The van der Waals surface area contributed by atoms with Crippen molar-refractivity contribution >= 4 is 11.9 Å². The maximum atomic E-state index is 10.9. The van der Waals surface area contributed by atoms with Crippen molar-refractivity contribution in [3.05, 3.63) is 0 Å². The number of carboxylic acid groups (broad SMARTS) is 2. The fraction of sp³-hybridized carbons (Fsp3) is 0.818. The van der Waals surface area contributed by atoms with Gasteiger partial charge in [-0.1, -0.05) is 0 Å². The van der Waals surface area contributed by atoms with Crippen LogP contribution in [0.2, 0.25) is 0 Å². The predicted octanol–water partition coefficient (Wildman–Crippen LogP) is -0.154. The zero-order valence-electron chi connectivity index (χ0n) is 10.1. The Balaban J connectivity index is 2.35. The first-order valence-electron chi connectivity index (χ1n) is 5.85. The lowest BCUT2D eigenvalue weighted by atomic mass is 10.0. The summed E-state index contributed by atoms with van der Waals surface area (Å²) in [4.78, 5) is 23.6. The molecule has 0 amide bonds. The van der Waals surface area contributed by atoms with Crippen molar-refractivity contribution in [1.82, 2.24) is 10.2 Å². The molecule has 3 N–H and O–H groups in total. The first-order chi connectivity index (χ1) is 7.99. The van der Waals surface area contributed by atoms with Gasteiger partial charge >= 0.3 is 11.9 Å². The minimum absolute atomic E-state index is 0.222. The first kappa shape index (κ1) is 13.9. The zero-order chi connectivity index (χ0) is 12.8. The van der Waals surface area contributed by atoms with Crippen LogP contribution < -0.4 is 5.32 Å². The average Bonchev–Trinajstić information content (AvgIpc) is 2.23. The molecule has 6 heteroatoms. The summed E-state index contributed by atoms with van der Waals surface area (Å²) in [6.45, 7) is 2.18. The second-order valence-electron chi connectivity index (χ2n) is 4.64. The lowest BCUT2D eigenvalue weighted by Gasteiger charge is -2.31. The summed E-state index contributed by atoms with van der Waals surface area (Å²) < 4.78 is 0. The van der Waals surface area contributed by atoms with Crippen molar-refractivity contribution < 1.29 is 19.8 Å². The van der Waals surface area contributed by atoms with Crippen molar-refractivity contribution in [3.63, 3.8) is 0 Å². The van der Waals surface area contributed by atoms with Crippen LogP contribution in [0.1, 0.15) is 19.3 Å². The molecule has 0 bridgehead atoms. The Bertz CT molecular complexity index is 283. The Morgan fingerprint density at radius 1 is 1.47 bits per heavy atom. The average molecular weight is 244 g/mol. The molecule has 6 nitrogen and oxygen atoms in total. The van der Waals surface area contributed by atoms with Gasteiger partial charge < -0.3 is 20.4 Å². The first-order valence-corrected chi connectivity index (χ1v) is 5.85. The third-order valence-corrected chi connectivity index (χ3v) is 3.05. The number of aliphatic carboxylic acids is 2. The molecule has 0 saturated carbocycles. The van der Waals surface area contributed by atoms with Gasteiger partial charge in [-0.05, 0) is 26.4 Å². The number of likely N-dealkylation sites (tertiary alicyclic amines) is 1. The summed E-state index contributed by atoms with van der Waals surface area (Å²) in [5, 5.41) is 20.7. The van der Waals surface area contributed by atoms with Crippen molar-refractivity contribution in [2.24, 2.45) is 5.92 Å². The van der Waals surface area contributed by atoms with Gasteiger partial charge in [-0.2, -0.15) is 0 Å². The molecule has 0 aromatic carbocycles. The molecule has 1 saturated heterocycles. The van der Waals surface area contributed by atoms with E-state index in [1.54, 1.807) is 0 Å². The predicted molar refractivity (Wildman–Crippen MR) is 61.9 cm³/mol. The second-order valence-corrected chi connectivity index (χ2v) is 4.64. The summed E-state index contributed by atoms with van der Waals surface area (Å²) in [6, 6.07) is 0.268. The quantitative estimate of drug-likeness (QED) is 0.602. The van der Waals surface area contributed by atoms with Crippen LogP contribution in [0.4, 0.5) is 0 Å². The fourth-order valence-electron chi connectivity index (χ4n) is 2.10. The van der Waals surface area contributed by atoms with Gasteiger partial charge in [-0.3, -0.25) is 9.59 Å². The van der Waals surface area contributed by atoms with E-state index in [-0.39, 0.29) is 19.0 Å². The van der Waals surface area contributed by atoms with E-state index in [1.165, 1.54) is 0 Å². The van der Waals surface area contributed by atoms with Crippen LogP contribution in [-0.4, -0.2) is 59.8 Å². The molecule has 0 aliphatic carbocycles. The van der Waals surface area contributed by atoms with Crippen LogP contribution in [0.3, 0.4) is 0 Å². The highest BCUT2D eigenvalue weighted by Gasteiger charge is 2.23. The number of hydrogen-bond donors (Lipinski definition) is 3. The maximum Gasteiger partial charge on any atom is 0.308 e. The van der Waals surface area contributed by atoms with Crippen LogP contribution in [0, 0.1) is 5.92 Å². The third kappa shape index (κ3) is 5.14. The lowest BCUT2D eigenvalue weighted by Crippen LogP contribution is -2.46. The van der Waals surface area contributed by atoms with E-state index in [0.29, 0.717) is 0 Å². The van der Waals surface area contributed by atoms with Gasteiger partial charge in [0.2, 0.25) is 0 Å². The Morgan fingerprint density at radius 2 is 2.18 bits per heavy atom. The number of nitrogens with zero attached hydrogens (tertiary/aromatic N) is 1. The highest BCUT2D eigenvalue weighted by Crippen LogP contribution is 2.09. The molecule has 1 aliphatic rings. The van der Waals surface area contributed by atoms with E-state index >= 15 is 0 Å². The number of nitrogens with one attached hydrogen (secondary N) is 1. The smallest absolute Gasteiger partial charge is 0.308 e. The Kier molecular flexibility index (Phi) is 5.37. The lowest BCUT2D eigenvalue weighted by molar-refractivity contribution is -0.148. The highest BCUT2D eigenvalue weighted by atomic mass is 16.4. The minimum atomic E-state index is -1.07.